The van der Waals surface area contributed by atoms with Crippen LogP contribution in [0.4, 0.5) is 0 Å². The molecule has 1 fully saturated rings. The third-order valence-electron chi connectivity index (χ3n) is 2.86. The van der Waals surface area contributed by atoms with Gasteiger partial charge in [-0.05, 0) is 12.5 Å². The number of hydrogen-bond donors (Lipinski definition) is 1. The van der Waals surface area contributed by atoms with Gasteiger partial charge in [-0.25, -0.2) is 0 Å². The lowest BCUT2D eigenvalue weighted by atomic mass is 10.0. The SMILES string of the molecule is CN1CCC(NC(=O)c2[c]cncc2)CC1=O. The van der Waals surface area contributed by atoms with Gasteiger partial charge in [0.25, 0.3) is 5.91 Å². The highest BCUT2D eigenvalue weighted by molar-refractivity contribution is 5.94. The number of pyridine rings is 1. The molecule has 2 amide bonds. The summed E-state index contributed by atoms with van der Waals surface area (Å²) in [4.78, 5) is 28.8. The van der Waals surface area contributed by atoms with Crippen molar-refractivity contribution in [3.8, 4) is 0 Å². The Balaban J connectivity index is 1.94. The van der Waals surface area contributed by atoms with Crippen LogP contribution in [-0.4, -0.2) is 41.3 Å². The van der Waals surface area contributed by atoms with Gasteiger partial charge in [0.15, 0.2) is 0 Å². The molecule has 0 aliphatic carbocycles. The van der Waals surface area contributed by atoms with E-state index in [4.69, 9.17) is 0 Å². The van der Waals surface area contributed by atoms with Gasteiger partial charge in [0, 0.05) is 44.5 Å². The van der Waals surface area contributed by atoms with Crippen LogP contribution in [0.5, 0.6) is 0 Å². The molecule has 1 unspecified atom stereocenters. The summed E-state index contributed by atoms with van der Waals surface area (Å²) in [7, 11) is 1.77. The Kier molecular flexibility index (Phi) is 3.37. The van der Waals surface area contributed by atoms with E-state index in [0.29, 0.717) is 18.5 Å². The monoisotopic (exact) mass is 232 g/mol. The van der Waals surface area contributed by atoms with Crippen molar-refractivity contribution in [2.24, 2.45) is 0 Å². The van der Waals surface area contributed by atoms with Crippen LogP contribution in [0, 0.1) is 6.07 Å². The number of amides is 2. The van der Waals surface area contributed by atoms with Crippen molar-refractivity contribution in [3.05, 3.63) is 30.1 Å². The Morgan fingerprint density at radius 1 is 1.65 bits per heavy atom. The summed E-state index contributed by atoms with van der Waals surface area (Å²) in [5, 5.41) is 2.84. The summed E-state index contributed by atoms with van der Waals surface area (Å²) in [6.07, 6.45) is 4.16. The lowest BCUT2D eigenvalue weighted by Crippen LogP contribution is -2.46. The standard InChI is InChI=1S/C12H14N3O2/c1-15-7-4-10(8-11(15)16)14-12(17)9-2-5-13-6-3-9/h2,5-6,10H,4,7-8H2,1H3,(H,14,17). The maximum absolute atomic E-state index is 11.8. The minimum Gasteiger partial charge on any atom is -0.349 e. The minimum atomic E-state index is -0.199. The molecule has 1 aliphatic rings. The van der Waals surface area contributed by atoms with Gasteiger partial charge in [-0.2, -0.15) is 0 Å². The zero-order valence-corrected chi connectivity index (χ0v) is 9.64. The highest BCUT2D eigenvalue weighted by Crippen LogP contribution is 2.10. The first-order valence-electron chi connectivity index (χ1n) is 5.53. The topological polar surface area (TPSA) is 62.3 Å². The normalized spacial score (nSPS) is 20.2. The molecule has 2 heterocycles. The van der Waals surface area contributed by atoms with Gasteiger partial charge in [-0.15, -0.1) is 0 Å². The van der Waals surface area contributed by atoms with Gasteiger partial charge in [0.1, 0.15) is 0 Å². The highest BCUT2D eigenvalue weighted by Gasteiger charge is 2.24. The molecule has 0 bridgehead atoms. The van der Waals surface area contributed by atoms with Gasteiger partial charge in [-0.3, -0.25) is 14.6 Å². The number of nitrogens with one attached hydrogen (secondary N) is 1. The summed E-state index contributed by atoms with van der Waals surface area (Å²) < 4.78 is 0. The second-order valence-corrected chi connectivity index (χ2v) is 4.13. The van der Waals surface area contributed by atoms with Crippen LogP contribution < -0.4 is 5.32 Å². The first-order valence-corrected chi connectivity index (χ1v) is 5.53. The molecule has 0 saturated carbocycles. The molecule has 1 N–H and O–H groups in total. The van der Waals surface area contributed by atoms with Crippen molar-refractivity contribution in [1.29, 1.82) is 0 Å². The zero-order chi connectivity index (χ0) is 12.3. The second kappa shape index (κ2) is 4.95. The lowest BCUT2D eigenvalue weighted by molar-refractivity contribution is -0.132. The van der Waals surface area contributed by atoms with Crippen LogP contribution in [0.3, 0.4) is 0 Å². The predicted molar refractivity (Wildman–Crippen MR) is 61.2 cm³/mol. The third-order valence-corrected chi connectivity index (χ3v) is 2.86. The first kappa shape index (κ1) is 11.6. The number of carbonyl (C=O) groups excluding carboxylic acids is 2. The van der Waals surface area contributed by atoms with E-state index >= 15 is 0 Å². The fourth-order valence-electron chi connectivity index (χ4n) is 1.79. The molecular formula is C12H14N3O2. The molecule has 2 rings (SSSR count). The number of nitrogens with zero attached hydrogens (tertiary/aromatic N) is 2. The lowest BCUT2D eigenvalue weighted by Gasteiger charge is -2.29. The Bertz CT molecular complexity index is 419. The molecule has 89 valence electrons. The maximum atomic E-state index is 11.8. The summed E-state index contributed by atoms with van der Waals surface area (Å²) in [6.45, 7) is 0.684. The van der Waals surface area contributed by atoms with Crippen molar-refractivity contribution in [1.82, 2.24) is 15.2 Å². The van der Waals surface area contributed by atoms with E-state index in [1.54, 1.807) is 24.2 Å². The van der Waals surface area contributed by atoms with E-state index in [9.17, 15) is 9.59 Å². The average Bonchev–Trinajstić information content (AvgIpc) is 2.35. The number of aromatic nitrogens is 1. The average molecular weight is 232 g/mol. The van der Waals surface area contributed by atoms with Crippen LogP contribution in [0.15, 0.2) is 18.5 Å². The molecular weight excluding hydrogens is 218 g/mol. The van der Waals surface area contributed by atoms with Crippen molar-refractivity contribution in [2.75, 3.05) is 13.6 Å². The number of hydrogen-bond acceptors (Lipinski definition) is 3. The van der Waals surface area contributed by atoms with Gasteiger partial charge < -0.3 is 10.2 Å². The summed E-state index contributed by atoms with van der Waals surface area (Å²) in [5.74, 6) is -0.130. The zero-order valence-electron chi connectivity index (χ0n) is 9.64. The molecule has 1 aliphatic heterocycles. The van der Waals surface area contributed by atoms with Crippen molar-refractivity contribution >= 4 is 11.8 Å². The molecule has 0 aromatic carbocycles. The van der Waals surface area contributed by atoms with Crippen molar-refractivity contribution < 1.29 is 9.59 Å². The number of piperidine rings is 1. The molecule has 1 aromatic heterocycles. The first-order chi connectivity index (χ1) is 8.16. The molecule has 5 heteroatoms. The van der Waals surface area contributed by atoms with E-state index in [-0.39, 0.29) is 17.9 Å². The molecule has 1 aromatic rings. The van der Waals surface area contributed by atoms with E-state index in [1.165, 1.54) is 6.20 Å². The maximum Gasteiger partial charge on any atom is 0.252 e. The number of rotatable bonds is 2. The minimum absolute atomic E-state index is 0.0697. The van der Waals surface area contributed by atoms with Crippen LogP contribution >= 0.6 is 0 Å². The van der Waals surface area contributed by atoms with E-state index in [2.05, 4.69) is 16.4 Å². The Hall–Kier alpha value is -1.91. The van der Waals surface area contributed by atoms with Crippen LogP contribution in [0.1, 0.15) is 23.2 Å². The summed E-state index contributed by atoms with van der Waals surface area (Å²) in [6, 6.07) is 4.29. The second-order valence-electron chi connectivity index (χ2n) is 4.13. The summed E-state index contributed by atoms with van der Waals surface area (Å²) in [5.41, 5.74) is 0.450. The van der Waals surface area contributed by atoms with E-state index in [0.717, 1.165) is 6.42 Å². The van der Waals surface area contributed by atoms with Gasteiger partial charge in [0.05, 0.1) is 5.56 Å². The third kappa shape index (κ3) is 2.81. The largest absolute Gasteiger partial charge is 0.349 e. The highest BCUT2D eigenvalue weighted by atomic mass is 16.2. The van der Waals surface area contributed by atoms with Gasteiger partial charge in [-0.1, -0.05) is 0 Å². The molecule has 17 heavy (non-hydrogen) atoms. The molecule has 1 radical (unpaired) electrons. The van der Waals surface area contributed by atoms with Crippen molar-refractivity contribution in [2.45, 2.75) is 18.9 Å². The fourth-order valence-corrected chi connectivity index (χ4v) is 1.79. The van der Waals surface area contributed by atoms with E-state index < -0.39 is 0 Å². The van der Waals surface area contributed by atoms with Crippen LogP contribution in [0.25, 0.3) is 0 Å². The van der Waals surface area contributed by atoms with Gasteiger partial charge >= 0.3 is 0 Å². The smallest absolute Gasteiger partial charge is 0.252 e. The molecule has 5 nitrogen and oxygen atoms in total. The Labute approximate surface area is 99.8 Å². The van der Waals surface area contributed by atoms with Crippen LogP contribution in [-0.2, 0) is 4.79 Å². The molecule has 0 spiro atoms. The van der Waals surface area contributed by atoms with Gasteiger partial charge in [0.2, 0.25) is 5.91 Å². The molecule has 1 saturated heterocycles. The van der Waals surface area contributed by atoms with Crippen LogP contribution in [0.2, 0.25) is 0 Å². The Morgan fingerprint density at radius 2 is 2.47 bits per heavy atom. The number of likely N-dealkylation sites (tertiary alicyclic amines) is 1. The fraction of sp³-hybridized carbons (Fsp3) is 0.417. The predicted octanol–water partition coefficient (Wildman–Crippen LogP) is 0.232. The van der Waals surface area contributed by atoms with Crippen molar-refractivity contribution in [3.63, 3.8) is 0 Å². The Morgan fingerprint density at radius 3 is 3.12 bits per heavy atom. The number of carbonyl (C=O) groups is 2. The summed E-state index contributed by atoms with van der Waals surface area (Å²) >= 11 is 0. The molecule has 1 atom stereocenters. The quantitative estimate of drug-likeness (QED) is 0.794. The van der Waals surface area contributed by atoms with E-state index in [1.807, 2.05) is 0 Å².